The van der Waals surface area contributed by atoms with Crippen LogP contribution in [0, 0.1) is 5.41 Å². The van der Waals surface area contributed by atoms with Gasteiger partial charge < -0.3 is 15.5 Å². The molecular weight excluding hydrogens is 264 g/mol. The predicted octanol–water partition coefficient (Wildman–Crippen LogP) is 2.51. The fourth-order valence-corrected chi connectivity index (χ4v) is 2.99. The fraction of sp³-hybridized carbons (Fsp3) is 0.800. The fourth-order valence-electron chi connectivity index (χ4n) is 2.99. The third-order valence-corrected chi connectivity index (χ3v) is 4.58. The molecule has 6 nitrogen and oxygen atoms in total. The molecule has 1 saturated heterocycles. The first-order valence-electron chi connectivity index (χ1n) is 8.17. The van der Waals surface area contributed by atoms with Crippen LogP contribution in [0.25, 0.3) is 0 Å². The number of hydrogen-bond acceptors (Lipinski definition) is 6. The van der Waals surface area contributed by atoms with Gasteiger partial charge in [-0.25, -0.2) is 0 Å². The molecule has 1 aliphatic carbocycles. The average Bonchev–Trinajstić information content (AvgIpc) is 2.97. The molecule has 0 atom stereocenters. The van der Waals surface area contributed by atoms with Gasteiger partial charge in [-0.3, -0.25) is 0 Å². The molecule has 0 unspecified atom stereocenters. The van der Waals surface area contributed by atoms with Crippen molar-refractivity contribution in [1.29, 1.82) is 0 Å². The van der Waals surface area contributed by atoms with Crippen molar-refractivity contribution < 1.29 is 0 Å². The zero-order chi connectivity index (χ0) is 14.7. The van der Waals surface area contributed by atoms with E-state index in [0.29, 0.717) is 17.3 Å². The summed E-state index contributed by atoms with van der Waals surface area (Å²) < 4.78 is 0. The molecule has 0 bridgehead atoms. The van der Waals surface area contributed by atoms with Gasteiger partial charge in [-0.1, -0.05) is 13.3 Å². The van der Waals surface area contributed by atoms with E-state index in [1.54, 1.807) is 0 Å². The second kappa shape index (κ2) is 6.03. The minimum atomic E-state index is 0.415. The van der Waals surface area contributed by atoms with Crippen molar-refractivity contribution in [3.63, 3.8) is 0 Å². The number of aromatic nitrogens is 3. The summed E-state index contributed by atoms with van der Waals surface area (Å²) in [5, 5.41) is 6.63. The van der Waals surface area contributed by atoms with Crippen molar-refractivity contribution in [2.45, 2.75) is 46.0 Å². The van der Waals surface area contributed by atoms with E-state index in [-0.39, 0.29) is 0 Å². The zero-order valence-corrected chi connectivity index (χ0v) is 13.2. The summed E-state index contributed by atoms with van der Waals surface area (Å²) >= 11 is 0. The highest BCUT2D eigenvalue weighted by atomic mass is 15.3. The van der Waals surface area contributed by atoms with Crippen molar-refractivity contribution in [2.24, 2.45) is 5.41 Å². The lowest BCUT2D eigenvalue weighted by Crippen LogP contribution is -2.34. The lowest BCUT2D eigenvalue weighted by atomic mass is 9.70. The van der Waals surface area contributed by atoms with Crippen LogP contribution in [0.2, 0.25) is 0 Å². The van der Waals surface area contributed by atoms with Crippen LogP contribution in [0.15, 0.2) is 0 Å². The highest BCUT2D eigenvalue weighted by Crippen LogP contribution is 2.40. The maximum Gasteiger partial charge on any atom is 0.231 e. The van der Waals surface area contributed by atoms with Gasteiger partial charge in [0.1, 0.15) is 0 Å². The number of nitrogens with one attached hydrogen (secondary N) is 2. The van der Waals surface area contributed by atoms with E-state index in [1.807, 2.05) is 0 Å². The van der Waals surface area contributed by atoms with Crippen molar-refractivity contribution >= 4 is 17.8 Å². The molecule has 0 amide bonds. The van der Waals surface area contributed by atoms with Crippen LogP contribution >= 0.6 is 0 Å². The quantitative estimate of drug-likeness (QED) is 0.839. The van der Waals surface area contributed by atoms with Crippen LogP contribution in [-0.4, -0.2) is 41.1 Å². The van der Waals surface area contributed by atoms with E-state index in [1.165, 1.54) is 32.1 Å². The van der Waals surface area contributed by atoms with Gasteiger partial charge in [-0.15, -0.1) is 0 Å². The van der Waals surface area contributed by atoms with Crippen LogP contribution in [-0.2, 0) is 0 Å². The zero-order valence-electron chi connectivity index (χ0n) is 13.2. The molecule has 1 saturated carbocycles. The van der Waals surface area contributed by atoms with Gasteiger partial charge in [0.25, 0.3) is 0 Å². The Morgan fingerprint density at radius 1 is 1.00 bits per heavy atom. The SMILES string of the molecule is CCNc1nc(NCC2(C)CCC2)nc(N2CCCC2)n1. The van der Waals surface area contributed by atoms with E-state index in [4.69, 9.17) is 0 Å². The summed E-state index contributed by atoms with van der Waals surface area (Å²) in [5.74, 6) is 2.19. The molecule has 2 heterocycles. The van der Waals surface area contributed by atoms with Gasteiger partial charge in [-0.05, 0) is 38.0 Å². The minimum absolute atomic E-state index is 0.415. The Bertz CT molecular complexity index is 479. The van der Waals surface area contributed by atoms with E-state index in [9.17, 15) is 0 Å². The van der Waals surface area contributed by atoms with Crippen LogP contribution in [0.5, 0.6) is 0 Å². The van der Waals surface area contributed by atoms with Gasteiger partial charge in [0, 0.05) is 26.2 Å². The number of nitrogens with zero attached hydrogens (tertiary/aromatic N) is 4. The highest BCUT2D eigenvalue weighted by molar-refractivity contribution is 5.44. The molecule has 0 spiro atoms. The third kappa shape index (κ3) is 3.36. The summed E-state index contributed by atoms with van der Waals surface area (Å²) in [7, 11) is 0. The summed E-state index contributed by atoms with van der Waals surface area (Å²) in [6.45, 7) is 8.25. The van der Waals surface area contributed by atoms with Gasteiger partial charge >= 0.3 is 0 Å². The lowest BCUT2D eigenvalue weighted by Gasteiger charge is -2.38. The Kier molecular flexibility index (Phi) is 4.12. The standard InChI is InChI=1S/C15H26N6/c1-3-16-12-18-13(17-11-15(2)7-6-8-15)20-14(19-12)21-9-4-5-10-21/h3-11H2,1-2H3,(H2,16,17,18,19,20). The molecule has 1 aromatic heterocycles. The Morgan fingerprint density at radius 3 is 2.24 bits per heavy atom. The van der Waals surface area contributed by atoms with Crippen molar-refractivity contribution in [3.05, 3.63) is 0 Å². The van der Waals surface area contributed by atoms with Crippen LogP contribution in [0.4, 0.5) is 17.8 Å². The molecule has 6 heteroatoms. The third-order valence-electron chi connectivity index (χ3n) is 4.58. The van der Waals surface area contributed by atoms with Gasteiger partial charge in [0.2, 0.25) is 17.8 Å². The van der Waals surface area contributed by atoms with Gasteiger partial charge in [0.15, 0.2) is 0 Å². The van der Waals surface area contributed by atoms with Gasteiger partial charge in [-0.2, -0.15) is 15.0 Å². The minimum Gasteiger partial charge on any atom is -0.354 e. The van der Waals surface area contributed by atoms with Crippen molar-refractivity contribution in [1.82, 2.24) is 15.0 Å². The Hall–Kier alpha value is -1.59. The molecule has 0 radical (unpaired) electrons. The van der Waals surface area contributed by atoms with E-state index >= 15 is 0 Å². The largest absolute Gasteiger partial charge is 0.354 e. The average molecular weight is 290 g/mol. The summed E-state index contributed by atoms with van der Waals surface area (Å²) in [6.07, 6.45) is 6.39. The summed E-state index contributed by atoms with van der Waals surface area (Å²) in [6, 6.07) is 0. The number of rotatable bonds is 6. The molecule has 21 heavy (non-hydrogen) atoms. The van der Waals surface area contributed by atoms with Crippen LogP contribution in [0.3, 0.4) is 0 Å². The van der Waals surface area contributed by atoms with Crippen LogP contribution in [0.1, 0.15) is 46.0 Å². The normalized spacial score (nSPS) is 20.2. The first-order valence-corrected chi connectivity index (χ1v) is 8.17. The summed E-state index contributed by atoms with van der Waals surface area (Å²) in [5.41, 5.74) is 0.415. The lowest BCUT2D eigenvalue weighted by molar-refractivity contribution is 0.179. The Labute approximate surface area is 126 Å². The molecule has 2 N–H and O–H groups in total. The summed E-state index contributed by atoms with van der Waals surface area (Å²) in [4.78, 5) is 15.9. The second-order valence-corrected chi connectivity index (χ2v) is 6.52. The molecule has 1 aromatic rings. The topological polar surface area (TPSA) is 66.0 Å². The van der Waals surface area contributed by atoms with Crippen molar-refractivity contribution in [3.8, 4) is 0 Å². The molecule has 3 rings (SSSR count). The Balaban J connectivity index is 1.74. The van der Waals surface area contributed by atoms with E-state index in [2.05, 4.69) is 44.3 Å². The van der Waals surface area contributed by atoms with Crippen LogP contribution < -0.4 is 15.5 Å². The van der Waals surface area contributed by atoms with Crippen molar-refractivity contribution in [2.75, 3.05) is 41.7 Å². The molecule has 2 aliphatic rings. The maximum atomic E-state index is 4.61. The maximum absolute atomic E-state index is 4.61. The van der Waals surface area contributed by atoms with E-state index < -0.39 is 0 Å². The smallest absolute Gasteiger partial charge is 0.231 e. The first kappa shape index (κ1) is 14.4. The second-order valence-electron chi connectivity index (χ2n) is 6.52. The molecule has 2 fully saturated rings. The molecule has 116 valence electrons. The molecule has 0 aromatic carbocycles. The van der Waals surface area contributed by atoms with E-state index in [0.717, 1.165) is 32.1 Å². The Morgan fingerprint density at radius 2 is 1.67 bits per heavy atom. The van der Waals surface area contributed by atoms with Gasteiger partial charge in [0.05, 0.1) is 0 Å². The predicted molar refractivity (Wildman–Crippen MR) is 85.9 cm³/mol. The number of hydrogen-bond donors (Lipinski definition) is 2. The monoisotopic (exact) mass is 290 g/mol. The number of anilines is 3. The molecular formula is C15H26N6. The first-order chi connectivity index (χ1) is 10.2. The highest BCUT2D eigenvalue weighted by Gasteiger charge is 2.31. The molecule has 1 aliphatic heterocycles.